The Bertz CT molecular complexity index is 906. The van der Waals surface area contributed by atoms with Gasteiger partial charge < -0.3 is 14.8 Å². The number of imide groups is 1. The van der Waals surface area contributed by atoms with Crippen LogP contribution >= 0.6 is 0 Å². The third-order valence-electron chi connectivity index (χ3n) is 4.07. The van der Waals surface area contributed by atoms with Gasteiger partial charge in [0.1, 0.15) is 11.5 Å². The van der Waals surface area contributed by atoms with Crippen LogP contribution in [0.2, 0.25) is 0 Å². The molecule has 0 fully saturated rings. The van der Waals surface area contributed by atoms with Crippen LogP contribution in [0.4, 0.5) is 10.1 Å². The Labute approximate surface area is 149 Å². The fourth-order valence-electron chi connectivity index (χ4n) is 2.69. The summed E-state index contributed by atoms with van der Waals surface area (Å²) in [7, 11) is 4.41. The first kappa shape index (κ1) is 17.5. The second kappa shape index (κ2) is 6.87. The summed E-state index contributed by atoms with van der Waals surface area (Å²) in [6.07, 6.45) is 0. The summed E-state index contributed by atoms with van der Waals surface area (Å²) in [5.74, 6) is -0.352. The largest absolute Gasteiger partial charge is 0.493 e. The van der Waals surface area contributed by atoms with Gasteiger partial charge in [-0.05, 0) is 42.0 Å². The fraction of sp³-hybridized carbons (Fsp3) is 0.158. The molecule has 7 heteroatoms. The molecular formula is C19H17FN2O4. The van der Waals surface area contributed by atoms with Gasteiger partial charge in [-0.3, -0.25) is 14.5 Å². The predicted octanol–water partition coefficient (Wildman–Crippen LogP) is 2.66. The Morgan fingerprint density at radius 2 is 1.58 bits per heavy atom. The molecule has 0 atom stereocenters. The molecule has 3 rings (SSSR count). The van der Waals surface area contributed by atoms with Crippen molar-refractivity contribution in [3.05, 3.63) is 59.5 Å². The zero-order chi connectivity index (χ0) is 18.8. The smallest absolute Gasteiger partial charge is 0.277 e. The Balaban J connectivity index is 2.09. The molecule has 0 saturated carbocycles. The van der Waals surface area contributed by atoms with Crippen LogP contribution in [-0.2, 0) is 9.59 Å². The van der Waals surface area contributed by atoms with E-state index in [0.29, 0.717) is 22.7 Å². The van der Waals surface area contributed by atoms with Crippen molar-refractivity contribution in [3.63, 3.8) is 0 Å². The van der Waals surface area contributed by atoms with Gasteiger partial charge in [0.25, 0.3) is 11.8 Å². The number of likely N-dealkylation sites (N-methyl/N-ethyl adjacent to an activating group) is 1. The van der Waals surface area contributed by atoms with E-state index in [0.717, 1.165) is 4.90 Å². The molecule has 1 aliphatic rings. The number of ether oxygens (including phenoxy) is 2. The van der Waals surface area contributed by atoms with E-state index in [4.69, 9.17) is 9.47 Å². The van der Waals surface area contributed by atoms with Crippen LogP contribution in [0, 0.1) is 5.82 Å². The lowest BCUT2D eigenvalue weighted by Gasteiger charge is -2.11. The van der Waals surface area contributed by atoms with E-state index < -0.39 is 17.6 Å². The summed E-state index contributed by atoms with van der Waals surface area (Å²) in [6, 6.07) is 10.5. The Morgan fingerprint density at radius 3 is 2.19 bits per heavy atom. The van der Waals surface area contributed by atoms with E-state index in [1.165, 1.54) is 45.5 Å². The molecule has 0 radical (unpaired) electrons. The van der Waals surface area contributed by atoms with Crippen molar-refractivity contribution in [3.8, 4) is 11.5 Å². The molecule has 26 heavy (non-hydrogen) atoms. The van der Waals surface area contributed by atoms with E-state index in [9.17, 15) is 14.0 Å². The van der Waals surface area contributed by atoms with Crippen LogP contribution < -0.4 is 14.8 Å². The quantitative estimate of drug-likeness (QED) is 0.835. The zero-order valence-corrected chi connectivity index (χ0v) is 14.5. The van der Waals surface area contributed by atoms with Gasteiger partial charge in [-0.25, -0.2) is 4.39 Å². The molecule has 0 unspecified atom stereocenters. The molecule has 0 aliphatic carbocycles. The summed E-state index contributed by atoms with van der Waals surface area (Å²) < 4.78 is 23.6. The first-order valence-corrected chi connectivity index (χ1v) is 7.78. The van der Waals surface area contributed by atoms with Crippen molar-refractivity contribution in [1.82, 2.24) is 4.90 Å². The molecule has 6 nitrogen and oxygen atoms in total. The average Bonchev–Trinajstić information content (AvgIpc) is 2.87. The molecule has 1 N–H and O–H groups in total. The van der Waals surface area contributed by atoms with Crippen molar-refractivity contribution in [2.45, 2.75) is 0 Å². The monoisotopic (exact) mass is 356 g/mol. The van der Waals surface area contributed by atoms with Crippen LogP contribution in [0.5, 0.6) is 11.5 Å². The lowest BCUT2D eigenvalue weighted by Crippen LogP contribution is -2.27. The zero-order valence-electron chi connectivity index (χ0n) is 14.5. The van der Waals surface area contributed by atoms with E-state index in [2.05, 4.69) is 5.32 Å². The van der Waals surface area contributed by atoms with Crippen molar-refractivity contribution in [2.24, 2.45) is 0 Å². The number of carbonyl (C=O) groups excluding carboxylic acids is 2. The summed E-state index contributed by atoms with van der Waals surface area (Å²) in [5.41, 5.74) is 1.34. The topological polar surface area (TPSA) is 67.9 Å². The molecule has 0 aromatic heterocycles. The number of anilines is 1. The highest BCUT2D eigenvalue weighted by Gasteiger charge is 2.37. The average molecular weight is 356 g/mol. The van der Waals surface area contributed by atoms with E-state index >= 15 is 0 Å². The molecule has 2 aromatic rings. The number of carbonyl (C=O) groups is 2. The van der Waals surface area contributed by atoms with Crippen molar-refractivity contribution in [2.75, 3.05) is 26.6 Å². The molecule has 1 aliphatic heterocycles. The lowest BCUT2D eigenvalue weighted by molar-refractivity contribution is -0.135. The van der Waals surface area contributed by atoms with Crippen LogP contribution in [0.15, 0.2) is 48.2 Å². The maximum absolute atomic E-state index is 13.1. The number of nitrogens with zero attached hydrogens (tertiary/aromatic N) is 1. The summed E-state index contributed by atoms with van der Waals surface area (Å²) in [4.78, 5) is 26.1. The third-order valence-corrected chi connectivity index (χ3v) is 4.07. The maximum atomic E-state index is 13.1. The van der Waals surface area contributed by atoms with Gasteiger partial charge in [0.2, 0.25) is 0 Å². The number of halogens is 1. The molecule has 0 saturated heterocycles. The molecule has 0 spiro atoms. The van der Waals surface area contributed by atoms with Gasteiger partial charge in [0.05, 0.1) is 19.8 Å². The number of rotatable bonds is 5. The van der Waals surface area contributed by atoms with Crippen LogP contribution in [0.3, 0.4) is 0 Å². The van der Waals surface area contributed by atoms with E-state index in [1.54, 1.807) is 18.2 Å². The molecule has 0 bridgehead atoms. The number of methoxy groups -OCH3 is 2. The van der Waals surface area contributed by atoms with Gasteiger partial charge in [-0.15, -0.1) is 0 Å². The first-order valence-electron chi connectivity index (χ1n) is 7.78. The number of amides is 2. The van der Waals surface area contributed by atoms with Crippen LogP contribution in [0.1, 0.15) is 5.56 Å². The molecule has 2 aromatic carbocycles. The van der Waals surface area contributed by atoms with Gasteiger partial charge >= 0.3 is 0 Å². The van der Waals surface area contributed by atoms with E-state index in [1.807, 2.05) is 0 Å². The van der Waals surface area contributed by atoms with Gasteiger partial charge in [-0.2, -0.15) is 0 Å². The van der Waals surface area contributed by atoms with Gasteiger partial charge in [0.15, 0.2) is 11.5 Å². The highest BCUT2D eigenvalue weighted by atomic mass is 19.1. The van der Waals surface area contributed by atoms with Crippen molar-refractivity contribution in [1.29, 1.82) is 0 Å². The Morgan fingerprint density at radius 1 is 0.923 bits per heavy atom. The SMILES string of the molecule is COc1ccc(C2=C(Nc3ccc(F)cc3)C(=O)N(C)C2=O)cc1OC. The standard InChI is InChI=1S/C19H17FN2O4/c1-22-18(23)16(11-4-9-14(25-2)15(10-11)26-3)17(19(22)24)21-13-7-5-12(20)6-8-13/h4-10,21H,1-3H3. The second-order valence-electron chi connectivity index (χ2n) is 5.62. The third kappa shape index (κ3) is 2.99. The van der Waals surface area contributed by atoms with Crippen molar-refractivity contribution < 1.29 is 23.5 Å². The number of nitrogens with one attached hydrogen (secondary N) is 1. The lowest BCUT2D eigenvalue weighted by atomic mass is 10.0. The minimum atomic E-state index is -0.468. The Kier molecular flexibility index (Phi) is 4.62. The normalized spacial score (nSPS) is 14.1. The van der Waals surface area contributed by atoms with Gasteiger partial charge in [-0.1, -0.05) is 6.07 Å². The molecular weight excluding hydrogens is 339 g/mol. The van der Waals surface area contributed by atoms with Crippen LogP contribution in [0.25, 0.3) is 5.57 Å². The Hall–Kier alpha value is -3.35. The van der Waals surface area contributed by atoms with E-state index in [-0.39, 0.29) is 11.3 Å². The minimum absolute atomic E-state index is 0.122. The summed E-state index contributed by atoms with van der Waals surface area (Å²) in [5, 5.41) is 2.92. The maximum Gasteiger partial charge on any atom is 0.277 e. The van der Waals surface area contributed by atoms with Gasteiger partial charge in [0, 0.05) is 12.7 Å². The first-order chi connectivity index (χ1) is 12.5. The highest BCUT2D eigenvalue weighted by Crippen LogP contribution is 2.35. The van der Waals surface area contributed by atoms with Crippen LogP contribution in [-0.4, -0.2) is 38.0 Å². The van der Waals surface area contributed by atoms with Crippen molar-refractivity contribution >= 4 is 23.1 Å². The summed E-state index contributed by atoms with van der Waals surface area (Å²) >= 11 is 0. The molecule has 1 heterocycles. The minimum Gasteiger partial charge on any atom is -0.493 e. The number of benzene rings is 2. The highest BCUT2D eigenvalue weighted by molar-refractivity contribution is 6.36. The number of hydrogen-bond donors (Lipinski definition) is 1. The summed E-state index contributed by atoms with van der Waals surface area (Å²) in [6.45, 7) is 0. The second-order valence-corrected chi connectivity index (χ2v) is 5.62. The predicted molar refractivity (Wildman–Crippen MR) is 94.3 cm³/mol. The fourth-order valence-corrected chi connectivity index (χ4v) is 2.69. The molecule has 134 valence electrons. The number of hydrogen-bond acceptors (Lipinski definition) is 5. The molecule has 2 amide bonds.